The first-order chi connectivity index (χ1) is 9.70. The maximum atomic E-state index is 4.73. The number of hydrogen-bond acceptors (Lipinski definition) is 5. The third-order valence-corrected chi connectivity index (χ3v) is 4.61. The Morgan fingerprint density at radius 1 is 1.25 bits per heavy atom. The SMILES string of the molecule is Cc1cc(-c2ncc(C)s2)nc(CC2CCNCC2)n1. The van der Waals surface area contributed by atoms with E-state index in [-0.39, 0.29) is 0 Å². The fraction of sp³-hybridized carbons (Fsp3) is 0.533. The summed E-state index contributed by atoms with van der Waals surface area (Å²) in [5.41, 5.74) is 2.01. The van der Waals surface area contributed by atoms with Gasteiger partial charge < -0.3 is 5.32 Å². The molecule has 5 heteroatoms. The zero-order valence-electron chi connectivity index (χ0n) is 12.0. The number of rotatable bonds is 3. The van der Waals surface area contributed by atoms with Crippen molar-refractivity contribution in [2.45, 2.75) is 33.1 Å². The van der Waals surface area contributed by atoms with Crippen molar-refractivity contribution in [3.63, 3.8) is 0 Å². The van der Waals surface area contributed by atoms with Crippen molar-refractivity contribution < 1.29 is 0 Å². The van der Waals surface area contributed by atoms with E-state index >= 15 is 0 Å². The molecule has 2 aromatic rings. The van der Waals surface area contributed by atoms with E-state index in [0.717, 1.165) is 41.7 Å². The van der Waals surface area contributed by atoms with Crippen LogP contribution in [0.1, 0.15) is 29.2 Å². The van der Waals surface area contributed by atoms with Gasteiger partial charge in [0.2, 0.25) is 0 Å². The molecule has 0 radical (unpaired) electrons. The molecule has 0 unspecified atom stereocenters. The van der Waals surface area contributed by atoms with Crippen LogP contribution in [0.4, 0.5) is 0 Å². The zero-order valence-corrected chi connectivity index (χ0v) is 12.8. The molecule has 1 aliphatic heterocycles. The highest BCUT2D eigenvalue weighted by Crippen LogP contribution is 2.24. The third-order valence-electron chi connectivity index (χ3n) is 3.67. The van der Waals surface area contributed by atoms with E-state index in [2.05, 4.69) is 22.2 Å². The van der Waals surface area contributed by atoms with Crippen LogP contribution in [0.5, 0.6) is 0 Å². The van der Waals surface area contributed by atoms with Gasteiger partial charge in [-0.1, -0.05) is 0 Å². The Bertz CT molecular complexity index is 587. The Morgan fingerprint density at radius 3 is 2.75 bits per heavy atom. The van der Waals surface area contributed by atoms with E-state index in [1.165, 1.54) is 17.7 Å². The summed E-state index contributed by atoms with van der Waals surface area (Å²) >= 11 is 1.69. The molecular formula is C15H20N4S. The first-order valence-electron chi connectivity index (χ1n) is 7.19. The van der Waals surface area contributed by atoms with Crippen molar-refractivity contribution in [1.29, 1.82) is 0 Å². The molecule has 0 amide bonds. The molecule has 106 valence electrons. The summed E-state index contributed by atoms with van der Waals surface area (Å²) in [5.74, 6) is 1.68. The van der Waals surface area contributed by atoms with E-state index < -0.39 is 0 Å². The molecule has 0 saturated carbocycles. The molecule has 20 heavy (non-hydrogen) atoms. The van der Waals surface area contributed by atoms with E-state index in [0.29, 0.717) is 5.92 Å². The third kappa shape index (κ3) is 3.22. The Hall–Kier alpha value is -1.33. The molecule has 2 aromatic heterocycles. The Balaban J connectivity index is 1.82. The maximum Gasteiger partial charge on any atom is 0.142 e. The Kier molecular flexibility index (Phi) is 4.08. The van der Waals surface area contributed by atoms with Gasteiger partial charge in [0.15, 0.2) is 0 Å². The molecule has 1 aliphatic rings. The van der Waals surface area contributed by atoms with Gasteiger partial charge in [-0.05, 0) is 51.8 Å². The molecule has 3 heterocycles. The summed E-state index contributed by atoms with van der Waals surface area (Å²) in [5, 5.41) is 4.40. The summed E-state index contributed by atoms with van der Waals surface area (Å²) in [7, 11) is 0. The topological polar surface area (TPSA) is 50.7 Å². The molecule has 4 nitrogen and oxygen atoms in total. The second kappa shape index (κ2) is 5.97. The molecule has 1 saturated heterocycles. The van der Waals surface area contributed by atoms with Gasteiger partial charge in [0, 0.05) is 23.2 Å². The molecule has 0 bridgehead atoms. The number of aryl methyl sites for hydroxylation is 2. The van der Waals surface area contributed by atoms with Crippen LogP contribution in [0.2, 0.25) is 0 Å². The summed E-state index contributed by atoms with van der Waals surface area (Å²) in [6.07, 6.45) is 5.34. The van der Waals surface area contributed by atoms with Crippen molar-refractivity contribution in [1.82, 2.24) is 20.3 Å². The molecular weight excluding hydrogens is 268 g/mol. The summed E-state index contributed by atoms with van der Waals surface area (Å²) < 4.78 is 0. The minimum absolute atomic E-state index is 0.712. The van der Waals surface area contributed by atoms with Gasteiger partial charge >= 0.3 is 0 Å². The first-order valence-corrected chi connectivity index (χ1v) is 8.00. The van der Waals surface area contributed by atoms with Gasteiger partial charge in [0.05, 0.1) is 0 Å². The highest BCUT2D eigenvalue weighted by Gasteiger charge is 2.16. The van der Waals surface area contributed by atoms with Gasteiger partial charge in [0.25, 0.3) is 0 Å². The second-order valence-electron chi connectivity index (χ2n) is 5.48. The standard InChI is InChI=1S/C15H20N4S/c1-10-7-13(15-17-9-11(2)20-15)19-14(18-10)8-12-3-5-16-6-4-12/h7,9,12,16H,3-6,8H2,1-2H3. The molecule has 0 atom stereocenters. The predicted octanol–water partition coefficient (Wildman–Crippen LogP) is 2.76. The van der Waals surface area contributed by atoms with Crippen molar-refractivity contribution in [3.8, 4) is 10.7 Å². The van der Waals surface area contributed by atoms with Gasteiger partial charge in [-0.3, -0.25) is 0 Å². The van der Waals surface area contributed by atoms with Crippen LogP contribution >= 0.6 is 11.3 Å². The minimum Gasteiger partial charge on any atom is -0.317 e. The van der Waals surface area contributed by atoms with Gasteiger partial charge in [-0.2, -0.15) is 0 Å². The summed E-state index contributed by atoms with van der Waals surface area (Å²) in [6, 6.07) is 2.03. The fourth-order valence-corrected chi connectivity index (χ4v) is 3.37. The molecule has 1 N–H and O–H groups in total. The van der Waals surface area contributed by atoms with E-state index in [9.17, 15) is 0 Å². The van der Waals surface area contributed by atoms with Crippen LogP contribution in [-0.4, -0.2) is 28.0 Å². The average molecular weight is 288 g/mol. The summed E-state index contributed by atoms with van der Waals surface area (Å²) in [4.78, 5) is 15.0. The minimum atomic E-state index is 0.712. The van der Waals surface area contributed by atoms with Crippen LogP contribution in [0, 0.1) is 19.8 Å². The Labute approximate surface area is 123 Å². The lowest BCUT2D eigenvalue weighted by Gasteiger charge is -2.21. The number of nitrogens with one attached hydrogen (secondary N) is 1. The predicted molar refractivity (Wildman–Crippen MR) is 81.9 cm³/mol. The highest BCUT2D eigenvalue weighted by molar-refractivity contribution is 7.14. The van der Waals surface area contributed by atoms with Crippen LogP contribution in [0.25, 0.3) is 10.7 Å². The monoisotopic (exact) mass is 288 g/mol. The average Bonchev–Trinajstić information content (AvgIpc) is 2.86. The number of nitrogens with zero attached hydrogens (tertiary/aromatic N) is 3. The number of piperidine rings is 1. The molecule has 0 aromatic carbocycles. The number of thiazole rings is 1. The molecule has 0 aliphatic carbocycles. The van der Waals surface area contributed by atoms with E-state index in [1.807, 2.05) is 19.2 Å². The smallest absolute Gasteiger partial charge is 0.142 e. The second-order valence-corrected chi connectivity index (χ2v) is 6.72. The fourth-order valence-electron chi connectivity index (χ4n) is 2.65. The van der Waals surface area contributed by atoms with Crippen molar-refractivity contribution in [2.24, 2.45) is 5.92 Å². The first kappa shape index (κ1) is 13.6. The highest BCUT2D eigenvalue weighted by atomic mass is 32.1. The largest absolute Gasteiger partial charge is 0.317 e. The van der Waals surface area contributed by atoms with Crippen LogP contribution in [0.15, 0.2) is 12.3 Å². The lowest BCUT2D eigenvalue weighted by Crippen LogP contribution is -2.29. The Morgan fingerprint density at radius 2 is 2.05 bits per heavy atom. The molecule has 3 rings (SSSR count). The van der Waals surface area contributed by atoms with Crippen molar-refractivity contribution in [2.75, 3.05) is 13.1 Å². The van der Waals surface area contributed by atoms with Crippen molar-refractivity contribution >= 4 is 11.3 Å². The van der Waals surface area contributed by atoms with Gasteiger partial charge in [-0.15, -0.1) is 11.3 Å². The van der Waals surface area contributed by atoms with E-state index in [1.54, 1.807) is 11.3 Å². The van der Waals surface area contributed by atoms with Crippen molar-refractivity contribution in [3.05, 3.63) is 28.7 Å². The van der Waals surface area contributed by atoms with Crippen LogP contribution in [-0.2, 0) is 6.42 Å². The molecule has 1 fully saturated rings. The normalized spacial score (nSPS) is 16.5. The lowest BCUT2D eigenvalue weighted by atomic mass is 9.94. The van der Waals surface area contributed by atoms with E-state index in [4.69, 9.17) is 4.98 Å². The number of aromatic nitrogens is 3. The number of hydrogen-bond donors (Lipinski definition) is 1. The maximum absolute atomic E-state index is 4.73. The van der Waals surface area contributed by atoms with Gasteiger partial charge in [0.1, 0.15) is 16.5 Å². The van der Waals surface area contributed by atoms with Crippen LogP contribution in [0.3, 0.4) is 0 Å². The van der Waals surface area contributed by atoms with Crippen LogP contribution < -0.4 is 5.32 Å². The molecule has 0 spiro atoms. The van der Waals surface area contributed by atoms with Gasteiger partial charge in [-0.25, -0.2) is 15.0 Å². The quantitative estimate of drug-likeness (QED) is 0.943. The zero-order chi connectivity index (χ0) is 13.9. The lowest BCUT2D eigenvalue weighted by molar-refractivity contribution is 0.367. The summed E-state index contributed by atoms with van der Waals surface area (Å²) in [6.45, 7) is 6.35.